The molecular formula is C31H55N3O8. The van der Waals surface area contributed by atoms with E-state index in [0.29, 0.717) is 51.9 Å². The Labute approximate surface area is 252 Å². The van der Waals surface area contributed by atoms with Crippen LogP contribution in [-0.2, 0) is 33.3 Å². The van der Waals surface area contributed by atoms with E-state index in [1.807, 2.05) is 39.9 Å². The van der Waals surface area contributed by atoms with Gasteiger partial charge in [0.25, 0.3) is 0 Å². The summed E-state index contributed by atoms with van der Waals surface area (Å²) in [5.41, 5.74) is -1.71. The zero-order valence-electron chi connectivity index (χ0n) is 27.4. The molecule has 1 amide bonds. The van der Waals surface area contributed by atoms with Crippen LogP contribution in [0.15, 0.2) is 0 Å². The topological polar surface area (TPSA) is 118 Å². The molecule has 1 N–H and O–H groups in total. The van der Waals surface area contributed by atoms with Crippen LogP contribution in [0.2, 0.25) is 0 Å². The van der Waals surface area contributed by atoms with Gasteiger partial charge in [0.1, 0.15) is 17.6 Å². The molecule has 0 aliphatic carbocycles. The lowest BCUT2D eigenvalue weighted by molar-refractivity contribution is -0.295. The van der Waals surface area contributed by atoms with Crippen molar-refractivity contribution in [2.45, 2.75) is 109 Å². The van der Waals surface area contributed by atoms with Gasteiger partial charge in [-0.05, 0) is 60.7 Å². The molecule has 3 aliphatic rings. The van der Waals surface area contributed by atoms with Crippen LogP contribution in [0.25, 0.3) is 0 Å². The van der Waals surface area contributed by atoms with E-state index < -0.39 is 47.5 Å². The first-order chi connectivity index (χ1) is 19.5. The number of aliphatic hydroxyl groups excluding tert-OH is 1. The SMILES string of the molecule is CO[C@]1(C)C[C@@H](C)CN(C)CC2(CCN(C(C)=O)CC2)OC(=O)[C@H](C)C(=O)C(C)[C@H]1O[C@@H]1O[C@H](C)C[C@H](N(C)C)[C@H]1O. The molecule has 1 unspecified atom stereocenters. The first-order valence-corrected chi connectivity index (χ1v) is 15.4. The molecule has 11 heteroatoms. The summed E-state index contributed by atoms with van der Waals surface area (Å²) in [6.45, 7) is 13.1. The van der Waals surface area contributed by atoms with Crippen LogP contribution < -0.4 is 0 Å². The van der Waals surface area contributed by atoms with E-state index in [4.69, 9.17) is 18.9 Å². The van der Waals surface area contributed by atoms with Crippen LogP contribution >= 0.6 is 0 Å². The van der Waals surface area contributed by atoms with Crippen LogP contribution in [0.3, 0.4) is 0 Å². The maximum absolute atomic E-state index is 14.0. The fourth-order valence-electron chi connectivity index (χ4n) is 7.23. The largest absolute Gasteiger partial charge is 0.457 e. The predicted molar refractivity (Wildman–Crippen MR) is 158 cm³/mol. The predicted octanol–water partition coefficient (Wildman–Crippen LogP) is 1.94. The summed E-state index contributed by atoms with van der Waals surface area (Å²) in [6.07, 6.45) is -0.634. The van der Waals surface area contributed by atoms with Gasteiger partial charge in [-0.25, -0.2) is 0 Å². The first kappa shape index (κ1) is 34.9. The Morgan fingerprint density at radius 1 is 1.12 bits per heavy atom. The van der Waals surface area contributed by atoms with Crippen molar-refractivity contribution in [3.63, 3.8) is 0 Å². The molecule has 3 fully saturated rings. The summed E-state index contributed by atoms with van der Waals surface area (Å²) < 4.78 is 25.0. The molecule has 0 aromatic heterocycles. The third-order valence-corrected chi connectivity index (χ3v) is 9.68. The van der Waals surface area contributed by atoms with Crippen molar-refractivity contribution < 1.29 is 38.4 Å². The molecule has 0 radical (unpaired) electrons. The summed E-state index contributed by atoms with van der Waals surface area (Å²) in [4.78, 5) is 45.4. The van der Waals surface area contributed by atoms with E-state index in [-0.39, 0.29) is 29.8 Å². The van der Waals surface area contributed by atoms with E-state index in [1.165, 1.54) is 0 Å². The van der Waals surface area contributed by atoms with Crippen molar-refractivity contribution in [2.75, 3.05) is 54.4 Å². The number of carbonyl (C=O) groups is 3. The number of esters is 1. The van der Waals surface area contributed by atoms with Crippen LogP contribution in [0.1, 0.15) is 67.2 Å². The average molecular weight is 598 g/mol. The molecule has 242 valence electrons. The molecule has 0 aromatic carbocycles. The molecule has 42 heavy (non-hydrogen) atoms. The molecule has 0 saturated carbocycles. The minimum Gasteiger partial charge on any atom is -0.457 e. The third-order valence-electron chi connectivity index (χ3n) is 9.68. The molecule has 11 nitrogen and oxygen atoms in total. The van der Waals surface area contributed by atoms with Gasteiger partial charge in [-0.2, -0.15) is 0 Å². The zero-order chi connectivity index (χ0) is 31.6. The van der Waals surface area contributed by atoms with E-state index in [1.54, 1.807) is 32.8 Å². The van der Waals surface area contributed by atoms with E-state index in [0.717, 1.165) is 0 Å². The number of methoxy groups -OCH3 is 1. The van der Waals surface area contributed by atoms with Gasteiger partial charge in [0, 0.05) is 65.0 Å². The molecular weight excluding hydrogens is 542 g/mol. The molecule has 0 aromatic rings. The molecule has 3 rings (SSSR count). The highest BCUT2D eigenvalue weighted by Crippen LogP contribution is 2.37. The molecule has 0 bridgehead atoms. The second-order valence-corrected chi connectivity index (χ2v) is 13.7. The summed E-state index contributed by atoms with van der Waals surface area (Å²) in [5, 5.41) is 11.2. The van der Waals surface area contributed by atoms with Gasteiger partial charge < -0.3 is 38.8 Å². The number of aliphatic hydroxyl groups is 1. The molecule has 1 spiro atoms. The van der Waals surface area contributed by atoms with Crippen LogP contribution in [-0.4, -0.2) is 134 Å². The first-order valence-electron chi connectivity index (χ1n) is 15.4. The third kappa shape index (κ3) is 7.90. The van der Waals surface area contributed by atoms with Crippen molar-refractivity contribution in [3.8, 4) is 0 Å². The normalized spacial score (nSPS) is 39.4. The number of likely N-dealkylation sites (tertiary alicyclic amines) is 1. The van der Waals surface area contributed by atoms with Gasteiger partial charge in [0.15, 0.2) is 12.1 Å². The molecule has 3 saturated heterocycles. The summed E-state index contributed by atoms with van der Waals surface area (Å²) in [6, 6.07) is -0.180. The number of likely N-dealkylation sites (N-methyl/N-ethyl adjacent to an activating group) is 2. The molecule has 9 atom stereocenters. The number of nitrogens with zero attached hydrogens (tertiary/aromatic N) is 3. The van der Waals surface area contributed by atoms with Gasteiger partial charge in [-0.1, -0.05) is 13.8 Å². The van der Waals surface area contributed by atoms with Crippen LogP contribution in [0.4, 0.5) is 0 Å². The Kier molecular flexibility index (Phi) is 11.6. The van der Waals surface area contributed by atoms with Gasteiger partial charge in [0.2, 0.25) is 5.91 Å². The standard InChI is InChI=1S/C31H55N3O8/c1-19-16-30(6,39-10)27(41-29-26(37)24(32(7)8)15-20(2)40-29)21(3)25(36)22(4)28(38)42-31(18-33(9)17-19)11-13-34(14-12-31)23(5)35/h19-22,24,26-27,29,37H,11-18H2,1-10H3/t19-,20-,21?,22-,24+,26-,27-,29+,30-/m1/s1. The smallest absolute Gasteiger partial charge is 0.316 e. The van der Waals surface area contributed by atoms with Crippen molar-refractivity contribution in [2.24, 2.45) is 17.8 Å². The van der Waals surface area contributed by atoms with Gasteiger partial charge in [-0.15, -0.1) is 0 Å². The highest BCUT2D eigenvalue weighted by molar-refractivity contribution is 6.00. The number of ketones is 1. The van der Waals surface area contributed by atoms with Crippen molar-refractivity contribution in [1.29, 1.82) is 0 Å². The minimum absolute atomic E-state index is 0.00317. The lowest BCUT2D eigenvalue weighted by Crippen LogP contribution is -2.59. The number of rotatable bonds is 4. The maximum atomic E-state index is 14.0. The Morgan fingerprint density at radius 2 is 1.74 bits per heavy atom. The Hall–Kier alpha value is -1.63. The fourth-order valence-corrected chi connectivity index (χ4v) is 7.23. The maximum Gasteiger partial charge on any atom is 0.316 e. The number of carbonyl (C=O) groups excluding carboxylic acids is 3. The highest BCUT2D eigenvalue weighted by atomic mass is 16.7. The fraction of sp³-hybridized carbons (Fsp3) is 0.903. The molecule has 3 aliphatic heterocycles. The lowest BCUT2D eigenvalue weighted by Gasteiger charge is -2.46. The van der Waals surface area contributed by atoms with Gasteiger partial charge in [0.05, 0.1) is 17.8 Å². The number of hydrogen-bond donors (Lipinski definition) is 1. The number of ether oxygens (including phenoxy) is 4. The lowest BCUT2D eigenvalue weighted by atomic mass is 9.78. The second kappa shape index (κ2) is 14.0. The summed E-state index contributed by atoms with van der Waals surface area (Å²) in [5.74, 6) is -2.55. The number of hydrogen-bond acceptors (Lipinski definition) is 10. The highest BCUT2D eigenvalue weighted by Gasteiger charge is 2.50. The molecule has 3 heterocycles. The Bertz CT molecular complexity index is 954. The Balaban J connectivity index is 1.96. The quantitative estimate of drug-likeness (QED) is 0.381. The monoisotopic (exact) mass is 597 g/mol. The van der Waals surface area contributed by atoms with E-state index >= 15 is 0 Å². The van der Waals surface area contributed by atoms with Crippen LogP contribution in [0, 0.1) is 17.8 Å². The summed E-state index contributed by atoms with van der Waals surface area (Å²) in [7, 11) is 7.44. The van der Waals surface area contributed by atoms with Crippen molar-refractivity contribution in [3.05, 3.63) is 0 Å². The minimum atomic E-state index is -1.04. The van der Waals surface area contributed by atoms with E-state index in [2.05, 4.69) is 11.8 Å². The van der Waals surface area contributed by atoms with E-state index in [9.17, 15) is 19.5 Å². The Morgan fingerprint density at radius 3 is 2.29 bits per heavy atom. The zero-order valence-corrected chi connectivity index (χ0v) is 27.4. The van der Waals surface area contributed by atoms with Crippen molar-refractivity contribution >= 4 is 17.7 Å². The number of piperidine rings is 1. The van der Waals surface area contributed by atoms with Gasteiger partial charge in [-0.3, -0.25) is 14.4 Å². The number of amides is 1. The van der Waals surface area contributed by atoms with Crippen molar-refractivity contribution in [1.82, 2.24) is 14.7 Å². The summed E-state index contributed by atoms with van der Waals surface area (Å²) >= 11 is 0. The average Bonchev–Trinajstić information content (AvgIpc) is 2.91. The van der Waals surface area contributed by atoms with Gasteiger partial charge >= 0.3 is 5.97 Å². The second-order valence-electron chi connectivity index (χ2n) is 13.7. The van der Waals surface area contributed by atoms with Crippen LogP contribution in [0.5, 0.6) is 0 Å². The number of Topliss-reactive ketones (excluding diaryl/α,β-unsaturated/α-hetero) is 1.